The van der Waals surface area contributed by atoms with Crippen LogP contribution in [0.1, 0.15) is 31.2 Å². The Labute approximate surface area is 156 Å². The number of rotatable bonds is 4. The van der Waals surface area contributed by atoms with Crippen LogP contribution in [0, 0.1) is 6.92 Å². The lowest BCUT2D eigenvalue weighted by molar-refractivity contribution is -0.138. The number of aryl methyl sites for hydroxylation is 1. The van der Waals surface area contributed by atoms with Gasteiger partial charge in [-0.25, -0.2) is 9.97 Å². The van der Waals surface area contributed by atoms with Gasteiger partial charge < -0.3 is 10.2 Å². The number of carbonyl (C=O) groups is 2. The van der Waals surface area contributed by atoms with Crippen molar-refractivity contribution in [3.63, 3.8) is 0 Å². The number of thioether (sulfide) groups is 1. The van der Waals surface area contributed by atoms with Gasteiger partial charge in [-0.1, -0.05) is 0 Å². The topological polar surface area (TPSA) is 80.1 Å². The predicted molar refractivity (Wildman–Crippen MR) is 98.7 cm³/mol. The van der Waals surface area contributed by atoms with Gasteiger partial charge in [-0.15, -0.1) is 11.8 Å². The largest absolute Gasteiger partial charge is 0.350 e. The number of amides is 2. The van der Waals surface area contributed by atoms with Crippen LogP contribution >= 0.6 is 11.8 Å². The van der Waals surface area contributed by atoms with E-state index in [0.717, 1.165) is 23.6 Å². The Balaban J connectivity index is 1.44. The van der Waals surface area contributed by atoms with Crippen LogP contribution < -0.4 is 5.32 Å². The molecule has 2 aliphatic heterocycles. The highest BCUT2D eigenvalue weighted by molar-refractivity contribution is 8.01. The van der Waals surface area contributed by atoms with Gasteiger partial charge in [-0.2, -0.15) is 0 Å². The van der Waals surface area contributed by atoms with Crippen molar-refractivity contribution in [1.29, 1.82) is 0 Å². The Hall–Kier alpha value is -2.35. The molecule has 2 atom stereocenters. The summed E-state index contributed by atoms with van der Waals surface area (Å²) in [7, 11) is 0. The van der Waals surface area contributed by atoms with Crippen molar-refractivity contribution < 1.29 is 9.59 Å². The molecule has 2 aliphatic rings. The second-order valence-electron chi connectivity index (χ2n) is 6.85. The van der Waals surface area contributed by atoms with Gasteiger partial charge in [0.05, 0.1) is 4.87 Å². The van der Waals surface area contributed by atoms with E-state index >= 15 is 0 Å². The molecule has 2 aromatic heterocycles. The second kappa shape index (κ2) is 6.42. The van der Waals surface area contributed by atoms with Gasteiger partial charge in [0.15, 0.2) is 0 Å². The summed E-state index contributed by atoms with van der Waals surface area (Å²) in [5.74, 6) is 2.27. The quantitative estimate of drug-likeness (QED) is 0.884. The molecule has 2 fully saturated rings. The molecule has 1 N–H and O–H groups in total. The van der Waals surface area contributed by atoms with Crippen molar-refractivity contribution in [2.24, 2.45) is 0 Å². The maximum absolute atomic E-state index is 12.7. The van der Waals surface area contributed by atoms with E-state index in [1.165, 1.54) is 0 Å². The second-order valence-corrected chi connectivity index (χ2v) is 8.35. The zero-order valence-corrected chi connectivity index (χ0v) is 15.6. The third-order valence-corrected chi connectivity index (χ3v) is 6.60. The summed E-state index contributed by atoms with van der Waals surface area (Å²) in [6.07, 6.45) is 6.66. The minimum atomic E-state index is -0.378. The zero-order chi connectivity index (χ0) is 18.3. The Kier molecular flexibility index (Phi) is 4.22. The van der Waals surface area contributed by atoms with Crippen LogP contribution in [0.25, 0.3) is 5.82 Å². The molecular formula is C18H21N5O2S. The van der Waals surface area contributed by atoms with E-state index in [2.05, 4.69) is 22.2 Å². The number of aromatic nitrogens is 3. The van der Waals surface area contributed by atoms with Gasteiger partial charge in [0, 0.05) is 37.3 Å². The van der Waals surface area contributed by atoms with Crippen LogP contribution in [0.5, 0.6) is 0 Å². The van der Waals surface area contributed by atoms with Gasteiger partial charge in [0.25, 0.3) is 0 Å². The number of hydrogen-bond acceptors (Lipinski definition) is 5. The minimum absolute atomic E-state index is 0.0828. The van der Waals surface area contributed by atoms with Crippen molar-refractivity contribution in [1.82, 2.24) is 24.8 Å². The Morgan fingerprint density at radius 1 is 1.42 bits per heavy atom. The monoisotopic (exact) mass is 371 g/mol. The van der Waals surface area contributed by atoms with E-state index in [4.69, 9.17) is 0 Å². The molecule has 0 spiro atoms. The Bertz CT molecular complexity index is 867. The summed E-state index contributed by atoms with van der Waals surface area (Å²) in [6.45, 7) is 4.37. The average Bonchev–Trinajstić information content (AvgIpc) is 3.29. The average molecular weight is 371 g/mol. The summed E-state index contributed by atoms with van der Waals surface area (Å²) in [5.41, 5.74) is 0.956. The summed E-state index contributed by atoms with van der Waals surface area (Å²) < 4.78 is 1.90. The lowest BCUT2D eigenvalue weighted by Gasteiger charge is -2.29. The van der Waals surface area contributed by atoms with Gasteiger partial charge in [0.2, 0.25) is 11.8 Å². The van der Waals surface area contributed by atoms with Crippen LogP contribution in [0.2, 0.25) is 0 Å². The fourth-order valence-corrected chi connectivity index (χ4v) is 5.08. The number of pyridine rings is 1. The SMILES string of the molecule is Cc1nccn1-c1cc(CNC(=O)C2CSC3(C)CCC(=O)N23)ccn1. The number of carbonyl (C=O) groups excluding carboxylic acids is 2. The van der Waals surface area contributed by atoms with Gasteiger partial charge in [-0.3, -0.25) is 14.2 Å². The molecule has 4 heterocycles. The van der Waals surface area contributed by atoms with Crippen LogP contribution in [0.15, 0.2) is 30.7 Å². The van der Waals surface area contributed by atoms with Crippen molar-refractivity contribution in [2.75, 3.05) is 5.75 Å². The number of nitrogens with zero attached hydrogens (tertiary/aromatic N) is 4. The molecule has 2 saturated heterocycles. The predicted octanol–water partition coefficient (Wildman–Crippen LogP) is 1.65. The van der Waals surface area contributed by atoms with Crippen LogP contribution in [-0.2, 0) is 16.1 Å². The molecule has 7 nitrogen and oxygen atoms in total. The maximum Gasteiger partial charge on any atom is 0.243 e. The van der Waals surface area contributed by atoms with E-state index in [0.29, 0.717) is 18.7 Å². The van der Waals surface area contributed by atoms with Crippen LogP contribution in [-0.4, -0.2) is 47.9 Å². The van der Waals surface area contributed by atoms with Gasteiger partial charge in [-0.05, 0) is 38.0 Å². The smallest absolute Gasteiger partial charge is 0.243 e. The molecule has 8 heteroatoms. The first-order valence-corrected chi connectivity index (χ1v) is 9.65. The minimum Gasteiger partial charge on any atom is -0.350 e. The highest BCUT2D eigenvalue weighted by atomic mass is 32.2. The first kappa shape index (κ1) is 17.1. The van der Waals surface area contributed by atoms with Crippen LogP contribution in [0.4, 0.5) is 0 Å². The number of imidazole rings is 1. The van der Waals surface area contributed by atoms with Crippen molar-refractivity contribution in [3.8, 4) is 5.82 Å². The van der Waals surface area contributed by atoms with Gasteiger partial charge >= 0.3 is 0 Å². The molecule has 26 heavy (non-hydrogen) atoms. The summed E-state index contributed by atoms with van der Waals surface area (Å²) in [6, 6.07) is 3.44. The maximum atomic E-state index is 12.7. The number of hydrogen-bond donors (Lipinski definition) is 1. The van der Waals surface area contributed by atoms with Gasteiger partial charge in [0.1, 0.15) is 17.7 Å². The molecule has 2 amide bonds. The van der Waals surface area contributed by atoms with E-state index in [9.17, 15) is 9.59 Å². The third-order valence-electron chi connectivity index (χ3n) is 5.10. The van der Waals surface area contributed by atoms with E-state index < -0.39 is 0 Å². The van der Waals surface area contributed by atoms with Crippen molar-refractivity contribution in [3.05, 3.63) is 42.1 Å². The molecule has 2 unspecified atom stereocenters. The standard InChI is InChI=1S/C18H21N5O2S/c1-12-19-7-8-22(12)15-9-13(4-6-20-15)10-21-17(25)14-11-26-18(2)5-3-16(24)23(14)18/h4,6-9,14H,3,5,10-11H2,1-2H3,(H,21,25). The number of fused-ring (bicyclic) bond motifs is 1. The van der Waals surface area contributed by atoms with E-state index in [1.54, 1.807) is 29.1 Å². The molecule has 4 rings (SSSR count). The van der Waals surface area contributed by atoms with Crippen molar-refractivity contribution in [2.45, 2.75) is 44.1 Å². The van der Waals surface area contributed by atoms with Crippen molar-refractivity contribution >= 4 is 23.6 Å². The summed E-state index contributed by atoms with van der Waals surface area (Å²) >= 11 is 1.70. The Morgan fingerprint density at radius 2 is 2.27 bits per heavy atom. The summed E-state index contributed by atoms with van der Waals surface area (Å²) in [4.78, 5) is 35.0. The van der Waals surface area contributed by atoms with E-state index in [1.807, 2.05) is 29.8 Å². The fraction of sp³-hybridized carbons (Fsp3) is 0.444. The molecule has 0 radical (unpaired) electrons. The molecule has 136 valence electrons. The van der Waals surface area contributed by atoms with Crippen LogP contribution in [0.3, 0.4) is 0 Å². The molecule has 0 aliphatic carbocycles. The first-order valence-electron chi connectivity index (χ1n) is 8.67. The highest BCUT2D eigenvalue weighted by Gasteiger charge is 2.52. The lowest BCUT2D eigenvalue weighted by atomic mass is 10.2. The molecule has 0 aromatic carbocycles. The Morgan fingerprint density at radius 3 is 3.04 bits per heavy atom. The molecule has 0 bridgehead atoms. The summed E-state index contributed by atoms with van der Waals surface area (Å²) in [5, 5.41) is 2.98. The normalized spacial score (nSPS) is 24.8. The number of nitrogens with one attached hydrogen (secondary N) is 1. The molecular weight excluding hydrogens is 350 g/mol. The fourth-order valence-electron chi connectivity index (χ4n) is 3.64. The highest BCUT2D eigenvalue weighted by Crippen LogP contribution is 2.47. The molecule has 0 saturated carbocycles. The zero-order valence-electron chi connectivity index (χ0n) is 14.8. The third kappa shape index (κ3) is 2.88. The molecule has 2 aromatic rings. The first-order chi connectivity index (χ1) is 12.5. The lowest BCUT2D eigenvalue weighted by Crippen LogP contribution is -2.49. The van der Waals surface area contributed by atoms with E-state index in [-0.39, 0.29) is 22.7 Å².